The Bertz CT molecular complexity index is 429. The van der Waals surface area contributed by atoms with Crippen LogP contribution in [0.1, 0.15) is 31.1 Å². The topological polar surface area (TPSA) is 26.3 Å². The van der Waals surface area contributed by atoms with E-state index in [0.29, 0.717) is 5.57 Å². The van der Waals surface area contributed by atoms with Crippen LogP contribution in [0.5, 0.6) is 0 Å². The molecule has 2 atom stereocenters. The molecule has 0 saturated heterocycles. The molecule has 0 bridgehead atoms. The number of ether oxygens (including phenoxy) is 1. The largest absolute Gasteiger partial charge is 0.492 e. The van der Waals surface area contributed by atoms with E-state index < -0.39 is 0 Å². The molecule has 2 heteroatoms. The highest BCUT2D eigenvalue weighted by atomic mass is 16.5. The highest BCUT2D eigenvalue weighted by Crippen LogP contribution is 2.32. The first-order chi connectivity index (χ1) is 7.59. The van der Waals surface area contributed by atoms with E-state index in [2.05, 4.69) is 0 Å². The van der Waals surface area contributed by atoms with Crippen molar-refractivity contribution in [2.24, 2.45) is 5.92 Å². The maximum Gasteiger partial charge on any atom is 0.168 e. The first-order valence-electron chi connectivity index (χ1n) is 5.52. The lowest BCUT2D eigenvalue weighted by atomic mass is 9.89. The number of allylic oxidation sites excluding steroid dienone is 1. The fourth-order valence-electron chi connectivity index (χ4n) is 1.97. The lowest BCUT2D eigenvalue weighted by molar-refractivity contribution is -0.124. The number of carbonyl (C=O) groups is 1. The number of aryl methyl sites for hydroxylation is 1. The molecule has 0 N–H and O–H groups in total. The van der Waals surface area contributed by atoms with Crippen LogP contribution in [0.2, 0.25) is 0 Å². The molecule has 1 aliphatic heterocycles. The molecule has 0 unspecified atom stereocenters. The molecule has 0 saturated carbocycles. The highest BCUT2D eigenvalue weighted by molar-refractivity contribution is 5.97. The Morgan fingerprint density at radius 1 is 1.12 bits per heavy atom. The molecule has 2 nitrogen and oxygen atoms in total. The summed E-state index contributed by atoms with van der Waals surface area (Å²) in [6, 6.07) is 8.14. The summed E-state index contributed by atoms with van der Waals surface area (Å²) in [5, 5.41) is 0. The van der Waals surface area contributed by atoms with Crippen molar-refractivity contribution < 1.29 is 9.53 Å². The molecule has 0 fully saturated rings. The van der Waals surface area contributed by atoms with Gasteiger partial charge in [-0.3, -0.25) is 4.79 Å². The van der Waals surface area contributed by atoms with Gasteiger partial charge in [-0.15, -0.1) is 0 Å². The van der Waals surface area contributed by atoms with E-state index >= 15 is 0 Å². The number of hydrogen-bond acceptors (Lipinski definition) is 2. The van der Waals surface area contributed by atoms with Crippen molar-refractivity contribution in [2.45, 2.75) is 26.9 Å². The van der Waals surface area contributed by atoms with Crippen LogP contribution < -0.4 is 0 Å². The van der Waals surface area contributed by atoms with Crippen molar-refractivity contribution >= 4 is 5.78 Å². The predicted octanol–water partition coefficient (Wildman–Crippen LogP) is 3.18. The van der Waals surface area contributed by atoms with Crippen LogP contribution >= 0.6 is 0 Å². The number of benzene rings is 1. The quantitative estimate of drug-likeness (QED) is 0.720. The van der Waals surface area contributed by atoms with Gasteiger partial charge in [-0.1, -0.05) is 36.8 Å². The molecule has 1 aromatic rings. The zero-order valence-electron chi connectivity index (χ0n) is 9.86. The molecule has 16 heavy (non-hydrogen) atoms. The zero-order valence-corrected chi connectivity index (χ0v) is 9.86. The smallest absolute Gasteiger partial charge is 0.168 e. The van der Waals surface area contributed by atoms with Gasteiger partial charge in [0.25, 0.3) is 0 Å². The Hall–Kier alpha value is -1.57. The number of ketones is 1. The minimum absolute atomic E-state index is 0.104. The van der Waals surface area contributed by atoms with Crippen molar-refractivity contribution in [1.29, 1.82) is 0 Å². The number of hydrogen-bond donors (Lipinski definition) is 0. The molecule has 0 aliphatic carbocycles. The van der Waals surface area contributed by atoms with Crippen molar-refractivity contribution in [2.75, 3.05) is 0 Å². The number of rotatable bonds is 1. The lowest BCUT2D eigenvalue weighted by Crippen LogP contribution is -2.25. The second kappa shape index (κ2) is 4.12. The second-order valence-corrected chi connectivity index (χ2v) is 4.42. The summed E-state index contributed by atoms with van der Waals surface area (Å²) >= 11 is 0. The van der Waals surface area contributed by atoms with Gasteiger partial charge in [0.2, 0.25) is 0 Å². The van der Waals surface area contributed by atoms with Crippen LogP contribution in [0.4, 0.5) is 0 Å². The fraction of sp³-hybridized carbons (Fsp3) is 0.357. The van der Waals surface area contributed by atoms with Gasteiger partial charge in [0.15, 0.2) is 5.78 Å². The van der Waals surface area contributed by atoms with E-state index in [-0.39, 0.29) is 17.8 Å². The molecular formula is C14H16O2. The third kappa shape index (κ3) is 1.87. The van der Waals surface area contributed by atoms with Crippen LogP contribution in [0.25, 0.3) is 0 Å². The molecule has 0 aromatic heterocycles. The summed E-state index contributed by atoms with van der Waals surface area (Å²) in [6.45, 7) is 5.76. The average Bonchev–Trinajstić information content (AvgIpc) is 2.28. The average molecular weight is 216 g/mol. The first-order valence-corrected chi connectivity index (χ1v) is 5.52. The molecule has 0 spiro atoms. The maximum absolute atomic E-state index is 11.8. The Labute approximate surface area is 95.9 Å². The predicted molar refractivity (Wildman–Crippen MR) is 62.9 cm³/mol. The summed E-state index contributed by atoms with van der Waals surface area (Å²) in [6.07, 6.45) is 1.43. The van der Waals surface area contributed by atoms with Crippen LogP contribution in [0.15, 0.2) is 36.1 Å². The van der Waals surface area contributed by atoms with Gasteiger partial charge >= 0.3 is 0 Å². The van der Waals surface area contributed by atoms with Gasteiger partial charge in [-0.25, -0.2) is 0 Å². The zero-order chi connectivity index (χ0) is 11.7. The molecule has 2 rings (SSSR count). The molecule has 1 heterocycles. The molecule has 0 radical (unpaired) electrons. The van der Waals surface area contributed by atoms with E-state index in [1.807, 2.05) is 38.1 Å². The monoisotopic (exact) mass is 216 g/mol. The number of carbonyl (C=O) groups excluding carboxylic acids is 1. The van der Waals surface area contributed by atoms with Crippen molar-refractivity contribution in [3.8, 4) is 0 Å². The Balaban J connectivity index is 2.29. The fourth-order valence-corrected chi connectivity index (χ4v) is 1.97. The Morgan fingerprint density at radius 3 is 2.38 bits per heavy atom. The molecule has 1 aromatic carbocycles. The van der Waals surface area contributed by atoms with Crippen LogP contribution in [-0.4, -0.2) is 5.78 Å². The third-order valence-corrected chi connectivity index (χ3v) is 3.05. The summed E-state index contributed by atoms with van der Waals surface area (Å²) in [5.41, 5.74) is 2.98. The Kier molecular flexibility index (Phi) is 2.82. The van der Waals surface area contributed by atoms with E-state index in [4.69, 9.17) is 4.74 Å². The molecular weight excluding hydrogens is 200 g/mol. The lowest BCUT2D eigenvalue weighted by Gasteiger charge is -2.27. The third-order valence-electron chi connectivity index (χ3n) is 3.05. The van der Waals surface area contributed by atoms with Gasteiger partial charge in [0.05, 0.1) is 12.2 Å². The number of Topliss-reactive ketones (excluding diaryl/α,β-unsaturated/α-hetero) is 1. The molecule has 84 valence electrons. The summed E-state index contributed by atoms with van der Waals surface area (Å²) < 4.78 is 5.62. The van der Waals surface area contributed by atoms with Crippen LogP contribution in [0, 0.1) is 12.8 Å². The highest BCUT2D eigenvalue weighted by Gasteiger charge is 2.30. The van der Waals surface area contributed by atoms with Gasteiger partial charge in [-0.2, -0.15) is 0 Å². The van der Waals surface area contributed by atoms with Crippen LogP contribution in [0.3, 0.4) is 0 Å². The van der Waals surface area contributed by atoms with E-state index in [9.17, 15) is 4.79 Å². The maximum atomic E-state index is 11.8. The standard InChI is InChI=1S/C14H16O2/c1-9-4-6-12(7-5-9)14-11(3)13(15)10(2)8-16-14/h4-8,11,14H,1-3H3/t11-,14-/m1/s1. The minimum atomic E-state index is -0.142. The SMILES string of the molecule is CC1=CO[C@@H](c2ccc(C)cc2)[C@H](C)C1=O. The molecule has 1 aliphatic rings. The van der Waals surface area contributed by atoms with Crippen LogP contribution in [-0.2, 0) is 9.53 Å². The van der Waals surface area contributed by atoms with Crippen molar-refractivity contribution in [1.82, 2.24) is 0 Å². The van der Waals surface area contributed by atoms with E-state index in [1.54, 1.807) is 13.2 Å². The van der Waals surface area contributed by atoms with Gasteiger partial charge < -0.3 is 4.74 Å². The van der Waals surface area contributed by atoms with Crippen molar-refractivity contribution in [3.63, 3.8) is 0 Å². The van der Waals surface area contributed by atoms with Gasteiger partial charge in [-0.05, 0) is 19.4 Å². The van der Waals surface area contributed by atoms with E-state index in [1.165, 1.54) is 5.56 Å². The van der Waals surface area contributed by atoms with Gasteiger partial charge in [0, 0.05) is 5.57 Å². The normalized spacial score (nSPS) is 24.9. The summed E-state index contributed by atoms with van der Waals surface area (Å²) in [4.78, 5) is 11.8. The second-order valence-electron chi connectivity index (χ2n) is 4.42. The van der Waals surface area contributed by atoms with Gasteiger partial charge in [0.1, 0.15) is 6.10 Å². The van der Waals surface area contributed by atoms with Crippen molar-refractivity contribution in [3.05, 3.63) is 47.2 Å². The van der Waals surface area contributed by atoms with E-state index in [0.717, 1.165) is 5.56 Å². The summed E-state index contributed by atoms with van der Waals surface area (Å²) in [5.74, 6) is 0.0736. The summed E-state index contributed by atoms with van der Waals surface area (Å²) in [7, 11) is 0. The first kappa shape index (κ1) is 10.9. The minimum Gasteiger partial charge on any atom is -0.492 e. The molecule has 0 amide bonds. The Morgan fingerprint density at radius 2 is 1.75 bits per heavy atom.